The van der Waals surface area contributed by atoms with Gasteiger partial charge in [-0.25, -0.2) is 4.68 Å². The molecule has 1 rings (SSSR count). The Kier molecular flexibility index (Phi) is 2.70. The van der Waals surface area contributed by atoms with Crippen LogP contribution in [0.1, 0.15) is 5.69 Å². The summed E-state index contributed by atoms with van der Waals surface area (Å²) >= 11 is 4.54. The van der Waals surface area contributed by atoms with Crippen LogP contribution in [0.4, 0.5) is 0 Å². The van der Waals surface area contributed by atoms with E-state index in [1.807, 2.05) is 0 Å². The van der Waals surface area contributed by atoms with Crippen molar-refractivity contribution >= 4 is 23.5 Å². The van der Waals surface area contributed by atoms with Gasteiger partial charge in [0, 0.05) is 7.05 Å². The lowest BCUT2D eigenvalue weighted by Crippen LogP contribution is -2.24. The first-order valence-corrected chi connectivity index (χ1v) is 3.54. The van der Waals surface area contributed by atoms with Gasteiger partial charge < -0.3 is 5.73 Å². The molecule has 12 heavy (non-hydrogen) atoms. The number of nitrogens with two attached hydrogens (primary N) is 1. The average Bonchev–Trinajstić information content (AvgIpc) is 2.36. The van der Waals surface area contributed by atoms with Gasteiger partial charge in [-0.05, 0) is 12.2 Å². The third-order valence-corrected chi connectivity index (χ3v) is 1.21. The van der Waals surface area contributed by atoms with Gasteiger partial charge in [-0.15, -0.1) is 5.10 Å². The molecule has 0 amide bonds. The summed E-state index contributed by atoms with van der Waals surface area (Å²) in [6.45, 7) is 0. The Hall–Kier alpha value is -1.50. The van der Waals surface area contributed by atoms with Crippen LogP contribution in [-0.2, 0) is 7.05 Å². The van der Waals surface area contributed by atoms with Crippen molar-refractivity contribution in [1.29, 1.82) is 0 Å². The van der Waals surface area contributed by atoms with Crippen molar-refractivity contribution in [3.05, 3.63) is 11.9 Å². The van der Waals surface area contributed by atoms with Gasteiger partial charge >= 0.3 is 0 Å². The highest BCUT2D eigenvalue weighted by Gasteiger charge is 1.93. The molecule has 0 spiro atoms. The Balaban J connectivity index is 2.57. The molecule has 0 bridgehead atoms. The molecule has 0 fully saturated rings. The molecule has 1 heterocycles. The maximum Gasteiger partial charge on any atom is 0.184 e. The summed E-state index contributed by atoms with van der Waals surface area (Å²) in [5.41, 5.74) is 8.32. The van der Waals surface area contributed by atoms with Crippen LogP contribution >= 0.6 is 12.2 Å². The molecule has 0 radical (unpaired) electrons. The fraction of sp³-hybridized carbons (Fsp3) is 0.200. The molecule has 0 aliphatic carbocycles. The maximum atomic E-state index is 5.14. The van der Waals surface area contributed by atoms with Crippen LogP contribution < -0.4 is 11.2 Å². The van der Waals surface area contributed by atoms with Crippen molar-refractivity contribution in [3.63, 3.8) is 0 Å². The molecule has 0 saturated heterocycles. The van der Waals surface area contributed by atoms with Gasteiger partial charge in [0.2, 0.25) is 0 Å². The molecule has 64 valence electrons. The monoisotopic (exact) mass is 184 g/mol. The Morgan fingerprint density at radius 3 is 3.17 bits per heavy atom. The number of hydrazone groups is 1. The zero-order valence-corrected chi connectivity index (χ0v) is 7.25. The van der Waals surface area contributed by atoms with Crippen molar-refractivity contribution < 1.29 is 0 Å². The molecule has 1 aromatic rings. The lowest BCUT2D eigenvalue weighted by Gasteiger charge is -1.93. The number of thiocarbonyl (C=S) groups is 1. The van der Waals surface area contributed by atoms with Gasteiger partial charge in [-0.1, -0.05) is 5.21 Å². The Morgan fingerprint density at radius 2 is 2.67 bits per heavy atom. The number of aromatic nitrogens is 3. The van der Waals surface area contributed by atoms with Crippen molar-refractivity contribution in [2.45, 2.75) is 0 Å². The first kappa shape index (κ1) is 8.60. The zero-order chi connectivity index (χ0) is 8.97. The standard InChI is InChI=1S/C5H8N6S/c1-11-4(3-8-10-11)2-7-9-5(6)12/h2-3H,1H3,(H3,6,9,12)/b7-2+. The lowest BCUT2D eigenvalue weighted by molar-refractivity contribution is 0.710. The van der Waals surface area contributed by atoms with Gasteiger partial charge in [0.25, 0.3) is 0 Å². The summed E-state index contributed by atoms with van der Waals surface area (Å²) in [6, 6.07) is 0. The molecule has 0 aromatic carbocycles. The first-order valence-electron chi connectivity index (χ1n) is 3.13. The predicted molar refractivity (Wildman–Crippen MR) is 48.5 cm³/mol. The second-order valence-corrected chi connectivity index (χ2v) is 2.46. The third-order valence-electron chi connectivity index (χ3n) is 1.12. The van der Waals surface area contributed by atoms with E-state index in [0.29, 0.717) is 0 Å². The fourth-order valence-electron chi connectivity index (χ4n) is 0.577. The van der Waals surface area contributed by atoms with Crippen molar-refractivity contribution in [2.24, 2.45) is 17.9 Å². The third kappa shape index (κ3) is 2.27. The van der Waals surface area contributed by atoms with Gasteiger partial charge in [-0.2, -0.15) is 5.10 Å². The molecule has 3 N–H and O–H groups in total. The van der Waals surface area contributed by atoms with E-state index in [-0.39, 0.29) is 5.11 Å². The number of nitrogens with zero attached hydrogens (tertiary/aromatic N) is 4. The maximum absolute atomic E-state index is 5.14. The van der Waals surface area contributed by atoms with Crippen LogP contribution in [-0.4, -0.2) is 26.3 Å². The second kappa shape index (κ2) is 3.77. The summed E-state index contributed by atoms with van der Waals surface area (Å²) in [7, 11) is 1.76. The molecule has 0 aliphatic rings. The average molecular weight is 184 g/mol. The van der Waals surface area contributed by atoms with Crippen molar-refractivity contribution in [2.75, 3.05) is 0 Å². The SMILES string of the molecule is Cn1nncc1/C=N/NC(N)=S. The van der Waals surface area contributed by atoms with E-state index in [9.17, 15) is 0 Å². The van der Waals surface area contributed by atoms with Crippen LogP contribution in [0.5, 0.6) is 0 Å². The summed E-state index contributed by atoms with van der Waals surface area (Å²) in [5.74, 6) is 0. The van der Waals surface area contributed by atoms with Gasteiger partial charge in [0.1, 0.15) is 5.69 Å². The summed E-state index contributed by atoms with van der Waals surface area (Å²) in [5, 5.41) is 11.2. The molecule has 0 aliphatic heterocycles. The van der Waals surface area contributed by atoms with Crippen LogP contribution in [0.25, 0.3) is 0 Å². The van der Waals surface area contributed by atoms with Crippen LogP contribution in [0.3, 0.4) is 0 Å². The number of aryl methyl sites for hydroxylation is 1. The molecular weight excluding hydrogens is 176 g/mol. The molecule has 7 heteroatoms. The number of hydrogen-bond acceptors (Lipinski definition) is 4. The van der Waals surface area contributed by atoms with E-state index in [4.69, 9.17) is 5.73 Å². The Bertz CT molecular complexity index is 303. The number of nitrogens with one attached hydrogen (secondary N) is 1. The first-order chi connectivity index (χ1) is 5.70. The van der Waals surface area contributed by atoms with Gasteiger partial charge in [-0.3, -0.25) is 5.43 Å². The lowest BCUT2D eigenvalue weighted by atomic mass is 10.5. The van der Waals surface area contributed by atoms with E-state index in [2.05, 4.69) is 33.1 Å². The normalized spacial score (nSPS) is 10.4. The molecule has 1 aromatic heterocycles. The molecule has 0 saturated carbocycles. The minimum absolute atomic E-state index is 0.126. The van der Waals surface area contributed by atoms with Crippen molar-refractivity contribution in [3.8, 4) is 0 Å². The van der Waals surface area contributed by atoms with E-state index >= 15 is 0 Å². The van der Waals surface area contributed by atoms with Gasteiger partial charge in [0.05, 0.1) is 12.4 Å². The Morgan fingerprint density at radius 1 is 1.92 bits per heavy atom. The van der Waals surface area contributed by atoms with Crippen molar-refractivity contribution in [1.82, 2.24) is 20.4 Å². The largest absolute Gasteiger partial charge is 0.375 e. The molecule has 0 unspecified atom stereocenters. The second-order valence-electron chi connectivity index (χ2n) is 2.02. The topological polar surface area (TPSA) is 81.1 Å². The summed E-state index contributed by atoms with van der Waals surface area (Å²) in [6.07, 6.45) is 3.10. The highest BCUT2D eigenvalue weighted by molar-refractivity contribution is 7.80. The molecule has 6 nitrogen and oxygen atoms in total. The van der Waals surface area contributed by atoms with E-state index in [1.165, 1.54) is 6.21 Å². The van der Waals surface area contributed by atoms with Crippen LogP contribution in [0, 0.1) is 0 Å². The van der Waals surface area contributed by atoms with Crippen LogP contribution in [0.2, 0.25) is 0 Å². The quantitative estimate of drug-likeness (QED) is 0.349. The summed E-state index contributed by atoms with van der Waals surface area (Å²) in [4.78, 5) is 0. The smallest absolute Gasteiger partial charge is 0.184 e. The van der Waals surface area contributed by atoms with E-state index in [1.54, 1.807) is 17.9 Å². The summed E-state index contributed by atoms with van der Waals surface area (Å²) < 4.78 is 1.57. The van der Waals surface area contributed by atoms with E-state index < -0.39 is 0 Å². The number of hydrogen-bond donors (Lipinski definition) is 2. The molecule has 0 atom stereocenters. The predicted octanol–water partition coefficient (Wildman–Crippen LogP) is -1.02. The number of rotatable bonds is 2. The zero-order valence-electron chi connectivity index (χ0n) is 6.43. The highest BCUT2D eigenvalue weighted by Crippen LogP contribution is 1.86. The van der Waals surface area contributed by atoms with E-state index in [0.717, 1.165) is 5.69 Å². The molecular formula is C5H8N6S. The fourth-order valence-corrected chi connectivity index (χ4v) is 0.629. The minimum atomic E-state index is 0.126. The van der Waals surface area contributed by atoms with Crippen LogP contribution in [0.15, 0.2) is 11.3 Å². The highest BCUT2D eigenvalue weighted by atomic mass is 32.1. The minimum Gasteiger partial charge on any atom is -0.375 e. The Labute approximate surface area is 74.4 Å². The van der Waals surface area contributed by atoms with Gasteiger partial charge in [0.15, 0.2) is 5.11 Å².